The summed E-state index contributed by atoms with van der Waals surface area (Å²) in [6.07, 6.45) is 0. The molecule has 0 radical (unpaired) electrons. The maximum Gasteiger partial charge on any atom is 0.341 e. The van der Waals surface area contributed by atoms with Gasteiger partial charge < -0.3 is 9.84 Å². The highest BCUT2D eigenvalue weighted by atomic mass is 127. The summed E-state index contributed by atoms with van der Waals surface area (Å²) in [7, 11) is 0. The molecule has 0 amide bonds. The zero-order valence-corrected chi connectivity index (χ0v) is 12.0. The number of benzene rings is 2. The second-order valence-corrected chi connectivity index (χ2v) is 5.13. The van der Waals surface area contributed by atoms with Gasteiger partial charge in [-0.2, -0.15) is 0 Å². The molecule has 0 bridgehead atoms. The summed E-state index contributed by atoms with van der Waals surface area (Å²) in [6, 6.07) is 12.0. The van der Waals surface area contributed by atoms with Gasteiger partial charge >= 0.3 is 5.97 Å². The molecule has 2 aromatic carbocycles. The monoisotopic (exact) mass is 374 g/mol. The Balaban J connectivity index is 2.37. The fourth-order valence-electron chi connectivity index (χ4n) is 1.43. The van der Waals surface area contributed by atoms with E-state index < -0.39 is 5.97 Å². The van der Waals surface area contributed by atoms with Crippen molar-refractivity contribution in [1.29, 1.82) is 0 Å². The highest BCUT2D eigenvalue weighted by Crippen LogP contribution is 2.30. The molecule has 0 heterocycles. The minimum Gasteiger partial charge on any atom is -0.478 e. The Bertz CT molecular complexity index is 581. The first-order valence-corrected chi connectivity index (χ1v) is 6.49. The molecule has 0 aliphatic heterocycles. The lowest BCUT2D eigenvalue weighted by atomic mass is 10.2. The van der Waals surface area contributed by atoms with Crippen LogP contribution in [0.25, 0.3) is 0 Å². The summed E-state index contributed by atoms with van der Waals surface area (Å²) in [5.74, 6) is -0.308. The molecule has 2 aromatic rings. The average Bonchev–Trinajstić information content (AvgIpc) is 2.32. The smallest absolute Gasteiger partial charge is 0.341 e. The summed E-state index contributed by atoms with van der Waals surface area (Å²) >= 11 is 8.03. The second-order valence-electron chi connectivity index (χ2n) is 3.47. The van der Waals surface area contributed by atoms with Crippen LogP contribution in [0.2, 0.25) is 5.02 Å². The van der Waals surface area contributed by atoms with E-state index in [0.29, 0.717) is 5.75 Å². The molecule has 3 nitrogen and oxygen atoms in total. The molecular weight excluding hydrogens is 366 g/mol. The number of halogens is 2. The molecule has 5 heteroatoms. The number of hydrogen-bond donors (Lipinski definition) is 1. The Labute approximate surface area is 122 Å². The van der Waals surface area contributed by atoms with Gasteiger partial charge in [-0.1, -0.05) is 17.7 Å². The zero-order valence-electron chi connectivity index (χ0n) is 9.06. The van der Waals surface area contributed by atoms with Crippen LogP contribution in [0.15, 0.2) is 42.5 Å². The van der Waals surface area contributed by atoms with E-state index >= 15 is 0 Å². The molecule has 0 aliphatic rings. The summed E-state index contributed by atoms with van der Waals surface area (Å²) < 4.78 is 6.61. The van der Waals surface area contributed by atoms with E-state index in [1.165, 1.54) is 6.07 Å². The Morgan fingerprint density at radius 3 is 2.44 bits per heavy atom. The van der Waals surface area contributed by atoms with E-state index in [2.05, 4.69) is 22.6 Å². The number of ether oxygens (including phenoxy) is 1. The first-order chi connectivity index (χ1) is 8.58. The fourth-order valence-corrected chi connectivity index (χ4v) is 2.03. The number of carbonyl (C=O) groups is 1. The molecule has 0 saturated heterocycles. The molecule has 0 spiro atoms. The third kappa shape index (κ3) is 2.94. The van der Waals surface area contributed by atoms with E-state index in [1.54, 1.807) is 24.3 Å². The van der Waals surface area contributed by atoms with Gasteiger partial charge in [0.2, 0.25) is 0 Å². The van der Waals surface area contributed by atoms with Crippen molar-refractivity contribution in [2.24, 2.45) is 0 Å². The number of carboxylic acids is 1. The van der Waals surface area contributed by atoms with Crippen LogP contribution < -0.4 is 4.74 Å². The van der Waals surface area contributed by atoms with Crippen LogP contribution in [0.1, 0.15) is 10.4 Å². The fraction of sp³-hybridized carbons (Fsp3) is 0. The van der Waals surface area contributed by atoms with Crippen LogP contribution in [0.5, 0.6) is 11.5 Å². The Morgan fingerprint density at radius 2 is 1.83 bits per heavy atom. The van der Waals surface area contributed by atoms with E-state index in [9.17, 15) is 4.79 Å². The second kappa shape index (κ2) is 5.58. The quantitative estimate of drug-likeness (QED) is 0.808. The molecule has 92 valence electrons. The van der Waals surface area contributed by atoms with E-state index in [0.717, 1.165) is 3.57 Å². The Kier molecular flexibility index (Phi) is 4.08. The SMILES string of the molecule is O=C(O)c1c(Cl)cccc1Oc1ccc(I)cc1. The molecule has 0 aromatic heterocycles. The van der Waals surface area contributed by atoms with Crippen molar-refractivity contribution in [3.8, 4) is 11.5 Å². The minimum absolute atomic E-state index is 0.0299. The van der Waals surface area contributed by atoms with Crippen LogP contribution in [-0.4, -0.2) is 11.1 Å². The standard InChI is InChI=1S/C13H8ClIO3/c14-10-2-1-3-11(12(10)13(16)17)18-9-6-4-8(15)5-7-9/h1-7H,(H,16,17). The lowest BCUT2D eigenvalue weighted by molar-refractivity contribution is 0.0694. The average molecular weight is 375 g/mol. The molecule has 0 fully saturated rings. The number of rotatable bonds is 3. The molecule has 0 aliphatic carbocycles. The summed E-state index contributed by atoms with van der Waals surface area (Å²) in [4.78, 5) is 11.1. The van der Waals surface area contributed by atoms with Gasteiger partial charge in [-0.05, 0) is 59.0 Å². The molecule has 0 saturated carbocycles. The predicted molar refractivity (Wildman–Crippen MR) is 77.6 cm³/mol. The molecule has 1 N–H and O–H groups in total. The lowest BCUT2D eigenvalue weighted by Gasteiger charge is -2.09. The van der Waals surface area contributed by atoms with Crippen LogP contribution >= 0.6 is 34.2 Å². The normalized spacial score (nSPS) is 10.1. The molecule has 18 heavy (non-hydrogen) atoms. The van der Waals surface area contributed by atoms with Gasteiger partial charge in [0.15, 0.2) is 0 Å². The van der Waals surface area contributed by atoms with Gasteiger partial charge in [-0.3, -0.25) is 0 Å². The van der Waals surface area contributed by atoms with Crippen LogP contribution in [0.4, 0.5) is 0 Å². The number of hydrogen-bond acceptors (Lipinski definition) is 2. The zero-order chi connectivity index (χ0) is 13.1. The van der Waals surface area contributed by atoms with E-state index in [1.807, 2.05) is 12.1 Å². The van der Waals surface area contributed by atoms with Crippen LogP contribution in [-0.2, 0) is 0 Å². The van der Waals surface area contributed by atoms with Gasteiger partial charge in [0.05, 0.1) is 5.02 Å². The van der Waals surface area contributed by atoms with Crippen molar-refractivity contribution in [3.63, 3.8) is 0 Å². The third-order valence-corrected chi connectivity index (χ3v) is 3.26. The summed E-state index contributed by atoms with van der Waals surface area (Å²) in [6.45, 7) is 0. The van der Waals surface area contributed by atoms with Gasteiger partial charge in [0.1, 0.15) is 17.1 Å². The van der Waals surface area contributed by atoms with Crippen molar-refractivity contribution < 1.29 is 14.6 Å². The minimum atomic E-state index is -1.11. The summed E-state index contributed by atoms with van der Waals surface area (Å²) in [5.41, 5.74) is -0.0299. The molecule has 2 rings (SSSR count). The highest BCUT2D eigenvalue weighted by molar-refractivity contribution is 14.1. The maximum atomic E-state index is 11.1. The maximum absolute atomic E-state index is 11.1. The topological polar surface area (TPSA) is 46.5 Å². The largest absolute Gasteiger partial charge is 0.478 e. The lowest BCUT2D eigenvalue weighted by Crippen LogP contribution is -2.01. The van der Waals surface area contributed by atoms with Gasteiger partial charge in [0.25, 0.3) is 0 Å². The third-order valence-electron chi connectivity index (χ3n) is 2.23. The summed E-state index contributed by atoms with van der Waals surface area (Å²) in [5, 5.41) is 9.26. The van der Waals surface area contributed by atoms with E-state index in [-0.39, 0.29) is 16.3 Å². The molecule has 0 atom stereocenters. The Morgan fingerprint density at radius 1 is 1.17 bits per heavy atom. The van der Waals surface area contributed by atoms with Gasteiger partial charge in [0, 0.05) is 3.57 Å². The predicted octanol–water partition coefficient (Wildman–Crippen LogP) is 4.44. The van der Waals surface area contributed by atoms with E-state index in [4.69, 9.17) is 21.4 Å². The van der Waals surface area contributed by atoms with Gasteiger partial charge in [-0.25, -0.2) is 4.79 Å². The molecular formula is C13H8ClIO3. The number of aromatic carboxylic acids is 1. The Hall–Kier alpha value is -1.27. The van der Waals surface area contributed by atoms with Crippen molar-refractivity contribution in [3.05, 3.63) is 56.6 Å². The highest BCUT2D eigenvalue weighted by Gasteiger charge is 2.15. The van der Waals surface area contributed by atoms with Crippen LogP contribution in [0, 0.1) is 3.57 Å². The first kappa shape index (κ1) is 13.2. The first-order valence-electron chi connectivity index (χ1n) is 5.03. The van der Waals surface area contributed by atoms with Crippen molar-refractivity contribution in [1.82, 2.24) is 0 Å². The van der Waals surface area contributed by atoms with Crippen molar-refractivity contribution in [2.45, 2.75) is 0 Å². The number of carboxylic acid groups (broad SMARTS) is 1. The van der Waals surface area contributed by atoms with Crippen molar-refractivity contribution in [2.75, 3.05) is 0 Å². The van der Waals surface area contributed by atoms with Crippen molar-refractivity contribution >= 4 is 40.2 Å². The van der Waals surface area contributed by atoms with Crippen LogP contribution in [0.3, 0.4) is 0 Å². The molecule has 0 unspecified atom stereocenters. The van der Waals surface area contributed by atoms with Gasteiger partial charge in [-0.15, -0.1) is 0 Å².